The number of aromatic nitrogens is 1. The number of thiocarbonyl (C=S) groups is 1. The van der Waals surface area contributed by atoms with Crippen LogP contribution in [0.15, 0.2) is 48.5 Å². The molecule has 1 aliphatic rings. The van der Waals surface area contributed by atoms with Gasteiger partial charge in [0, 0.05) is 30.8 Å². The number of nitrogens with zero attached hydrogens (tertiary/aromatic N) is 2. The van der Waals surface area contributed by atoms with Crippen molar-refractivity contribution in [1.29, 1.82) is 0 Å². The maximum absolute atomic E-state index is 5.66. The molecule has 3 aromatic rings. The summed E-state index contributed by atoms with van der Waals surface area (Å²) in [5.41, 5.74) is 2.05. The Bertz CT molecular complexity index is 891. The number of hydrogen-bond acceptors (Lipinski definition) is 4. The van der Waals surface area contributed by atoms with E-state index in [1.54, 1.807) is 7.11 Å². The lowest BCUT2D eigenvalue weighted by molar-refractivity contribution is 0.312. The van der Waals surface area contributed by atoms with Gasteiger partial charge in [-0.3, -0.25) is 0 Å². The van der Waals surface area contributed by atoms with Crippen molar-refractivity contribution in [3.8, 4) is 5.75 Å². The summed E-state index contributed by atoms with van der Waals surface area (Å²) in [5, 5.41) is 5.34. The van der Waals surface area contributed by atoms with Crippen LogP contribution in [-0.2, 0) is 0 Å². The lowest BCUT2D eigenvalue weighted by Crippen LogP contribution is -2.41. The number of benzene rings is 2. The molecule has 1 aromatic heterocycles. The molecule has 0 amide bonds. The normalized spacial score (nSPS) is 17.3. The number of anilines is 1. The van der Waals surface area contributed by atoms with Crippen molar-refractivity contribution in [2.45, 2.75) is 18.8 Å². The molecule has 4 nitrogen and oxygen atoms in total. The van der Waals surface area contributed by atoms with E-state index in [4.69, 9.17) is 21.9 Å². The topological polar surface area (TPSA) is 37.4 Å². The minimum Gasteiger partial charge on any atom is -0.497 e. The summed E-state index contributed by atoms with van der Waals surface area (Å²) < 4.78 is 6.54. The molecule has 6 heteroatoms. The van der Waals surface area contributed by atoms with Crippen molar-refractivity contribution in [2.24, 2.45) is 0 Å². The number of para-hydroxylation sites is 1. The quantitative estimate of drug-likeness (QED) is 0.653. The van der Waals surface area contributed by atoms with Crippen LogP contribution in [0.5, 0.6) is 5.75 Å². The molecule has 1 N–H and O–H groups in total. The molecule has 1 atom stereocenters. The van der Waals surface area contributed by atoms with Crippen molar-refractivity contribution in [1.82, 2.24) is 9.88 Å². The van der Waals surface area contributed by atoms with Gasteiger partial charge in [0.15, 0.2) is 5.11 Å². The molecule has 26 heavy (non-hydrogen) atoms. The highest BCUT2D eigenvalue weighted by molar-refractivity contribution is 7.80. The first-order valence-electron chi connectivity index (χ1n) is 8.78. The maximum atomic E-state index is 5.66. The van der Waals surface area contributed by atoms with E-state index in [1.807, 2.05) is 41.7 Å². The second-order valence-electron chi connectivity index (χ2n) is 6.47. The van der Waals surface area contributed by atoms with Crippen molar-refractivity contribution in [3.05, 3.63) is 53.5 Å². The maximum Gasteiger partial charge on any atom is 0.173 e. The number of thiazole rings is 1. The van der Waals surface area contributed by atoms with E-state index in [0.29, 0.717) is 5.92 Å². The summed E-state index contributed by atoms with van der Waals surface area (Å²) in [6.45, 7) is 1.90. The predicted molar refractivity (Wildman–Crippen MR) is 112 cm³/mol. The minimum atomic E-state index is 0.436. The largest absolute Gasteiger partial charge is 0.497 e. The van der Waals surface area contributed by atoms with Gasteiger partial charge in [-0.05, 0) is 49.3 Å². The molecule has 4 rings (SSSR count). The summed E-state index contributed by atoms with van der Waals surface area (Å²) in [4.78, 5) is 7.11. The van der Waals surface area contributed by atoms with Gasteiger partial charge in [-0.2, -0.15) is 0 Å². The van der Waals surface area contributed by atoms with Gasteiger partial charge in [-0.15, -0.1) is 11.3 Å². The van der Waals surface area contributed by atoms with Crippen LogP contribution in [0.3, 0.4) is 0 Å². The highest BCUT2D eigenvalue weighted by atomic mass is 32.1. The van der Waals surface area contributed by atoms with Gasteiger partial charge in [0.2, 0.25) is 0 Å². The molecule has 0 unspecified atom stereocenters. The zero-order valence-electron chi connectivity index (χ0n) is 14.6. The molecular weight excluding hydrogens is 362 g/mol. The molecule has 2 heterocycles. The van der Waals surface area contributed by atoms with Gasteiger partial charge in [0.1, 0.15) is 5.75 Å². The van der Waals surface area contributed by atoms with Gasteiger partial charge in [-0.1, -0.05) is 18.2 Å². The Hall–Kier alpha value is -2.18. The smallest absolute Gasteiger partial charge is 0.173 e. The van der Waals surface area contributed by atoms with Gasteiger partial charge in [0.25, 0.3) is 0 Å². The van der Waals surface area contributed by atoms with Crippen molar-refractivity contribution >= 4 is 44.6 Å². The second kappa shape index (κ2) is 7.60. The van der Waals surface area contributed by atoms with Gasteiger partial charge >= 0.3 is 0 Å². The van der Waals surface area contributed by atoms with Crippen LogP contribution >= 0.6 is 23.6 Å². The number of rotatable bonds is 3. The van der Waals surface area contributed by atoms with E-state index in [0.717, 1.165) is 48.0 Å². The van der Waals surface area contributed by atoms with E-state index < -0.39 is 0 Å². The zero-order chi connectivity index (χ0) is 17.9. The Kier molecular flexibility index (Phi) is 5.04. The van der Waals surface area contributed by atoms with Crippen LogP contribution in [0.2, 0.25) is 0 Å². The Morgan fingerprint density at radius 3 is 3.00 bits per heavy atom. The Balaban J connectivity index is 1.46. The van der Waals surface area contributed by atoms with Gasteiger partial charge < -0.3 is 15.0 Å². The third kappa shape index (κ3) is 3.66. The standard InChI is InChI=1S/C20H21N3OS2/c1-24-16-8-4-7-15(12-16)21-20(25)23-11-5-6-14(13-23)19-22-17-9-2-3-10-18(17)26-19/h2-4,7-10,12,14H,5-6,11,13H2,1H3,(H,21,25)/t14-/m0/s1. The van der Waals surface area contributed by atoms with E-state index in [2.05, 4.69) is 28.4 Å². The van der Waals surface area contributed by atoms with E-state index in [1.165, 1.54) is 9.71 Å². The molecule has 0 bridgehead atoms. The summed E-state index contributed by atoms with van der Waals surface area (Å²) in [7, 11) is 1.67. The zero-order valence-corrected chi connectivity index (χ0v) is 16.3. The second-order valence-corrected chi connectivity index (χ2v) is 7.92. The Morgan fingerprint density at radius 1 is 1.27 bits per heavy atom. The molecule has 0 saturated carbocycles. The third-order valence-corrected chi connectivity index (χ3v) is 6.25. The van der Waals surface area contributed by atoms with Crippen LogP contribution in [0.1, 0.15) is 23.8 Å². The number of nitrogens with one attached hydrogen (secondary N) is 1. The number of hydrogen-bond donors (Lipinski definition) is 1. The monoisotopic (exact) mass is 383 g/mol. The van der Waals surface area contributed by atoms with E-state index >= 15 is 0 Å². The summed E-state index contributed by atoms with van der Waals surface area (Å²) >= 11 is 7.47. The molecule has 134 valence electrons. The van der Waals surface area contributed by atoms with Crippen molar-refractivity contribution < 1.29 is 4.74 Å². The van der Waals surface area contributed by atoms with Gasteiger partial charge in [-0.25, -0.2) is 4.98 Å². The first-order valence-corrected chi connectivity index (χ1v) is 10.0. The van der Waals surface area contributed by atoms with Crippen molar-refractivity contribution in [2.75, 3.05) is 25.5 Å². The highest BCUT2D eigenvalue weighted by Crippen LogP contribution is 2.33. The number of ether oxygens (including phenoxy) is 1. The van der Waals surface area contributed by atoms with Crippen LogP contribution in [0.4, 0.5) is 5.69 Å². The molecule has 1 saturated heterocycles. The first kappa shape index (κ1) is 17.2. The van der Waals surface area contributed by atoms with Crippen molar-refractivity contribution in [3.63, 3.8) is 0 Å². The number of methoxy groups -OCH3 is 1. The highest BCUT2D eigenvalue weighted by Gasteiger charge is 2.25. The molecule has 0 radical (unpaired) electrons. The predicted octanol–water partition coefficient (Wildman–Crippen LogP) is 4.88. The summed E-state index contributed by atoms with van der Waals surface area (Å²) in [6, 6.07) is 16.2. The molecule has 1 fully saturated rings. The average Bonchev–Trinajstić information content (AvgIpc) is 3.12. The Morgan fingerprint density at radius 2 is 2.15 bits per heavy atom. The lowest BCUT2D eigenvalue weighted by atomic mass is 9.99. The molecule has 2 aromatic carbocycles. The minimum absolute atomic E-state index is 0.436. The SMILES string of the molecule is COc1cccc(NC(=S)N2CCC[C@H](c3nc4ccccc4s3)C2)c1. The van der Waals surface area contributed by atoms with Gasteiger partial charge in [0.05, 0.1) is 22.3 Å². The fraction of sp³-hybridized carbons (Fsp3) is 0.300. The third-order valence-electron chi connectivity index (χ3n) is 4.69. The number of piperidine rings is 1. The first-order chi connectivity index (χ1) is 12.7. The number of fused-ring (bicyclic) bond motifs is 1. The van der Waals surface area contributed by atoms with Crippen LogP contribution in [-0.4, -0.2) is 35.2 Å². The molecular formula is C20H21N3OS2. The molecule has 0 spiro atoms. The fourth-order valence-corrected chi connectivity index (χ4v) is 4.71. The van der Waals surface area contributed by atoms with E-state index in [-0.39, 0.29) is 0 Å². The van der Waals surface area contributed by atoms with Crippen LogP contribution in [0, 0.1) is 0 Å². The summed E-state index contributed by atoms with van der Waals surface area (Å²) in [5.74, 6) is 1.26. The van der Waals surface area contributed by atoms with Crippen LogP contribution < -0.4 is 10.1 Å². The Labute approximate surface area is 162 Å². The number of likely N-dealkylation sites (tertiary alicyclic amines) is 1. The molecule has 1 aliphatic heterocycles. The fourth-order valence-electron chi connectivity index (χ4n) is 3.33. The van der Waals surface area contributed by atoms with E-state index in [9.17, 15) is 0 Å². The lowest BCUT2D eigenvalue weighted by Gasteiger charge is -2.33. The van der Waals surface area contributed by atoms with Crippen LogP contribution in [0.25, 0.3) is 10.2 Å². The average molecular weight is 384 g/mol. The summed E-state index contributed by atoms with van der Waals surface area (Å²) in [6.07, 6.45) is 2.29. The molecule has 0 aliphatic carbocycles.